The van der Waals surface area contributed by atoms with Crippen LogP contribution in [0.4, 0.5) is 0 Å². The Bertz CT molecular complexity index is 1500. The van der Waals surface area contributed by atoms with Gasteiger partial charge in [0.25, 0.3) is 5.91 Å². The molecule has 0 spiro atoms. The van der Waals surface area contributed by atoms with E-state index in [2.05, 4.69) is 31.1 Å². The first kappa shape index (κ1) is 24.2. The molecule has 2 aromatic carbocycles. The van der Waals surface area contributed by atoms with E-state index in [1.54, 1.807) is 26.0 Å². The minimum atomic E-state index is -3.68. The zero-order valence-corrected chi connectivity index (χ0v) is 21.3. The maximum atomic E-state index is 13.4. The summed E-state index contributed by atoms with van der Waals surface area (Å²) in [6, 6.07) is 13.8. The van der Waals surface area contributed by atoms with Crippen molar-refractivity contribution in [3.63, 3.8) is 0 Å². The van der Waals surface area contributed by atoms with E-state index >= 15 is 0 Å². The molecule has 5 rings (SSSR count). The number of amides is 1. The molecule has 36 heavy (non-hydrogen) atoms. The van der Waals surface area contributed by atoms with Gasteiger partial charge in [-0.05, 0) is 36.2 Å². The van der Waals surface area contributed by atoms with Crippen molar-refractivity contribution in [2.24, 2.45) is 0 Å². The molecule has 0 aliphatic carbocycles. The fourth-order valence-electron chi connectivity index (χ4n) is 4.91. The topological polar surface area (TPSA) is 113 Å². The lowest BCUT2D eigenvalue weighted by Gasteiger charge is -2.20. The molecule has 2 N–H and O–H groups in total. The van der Waals surface area contributed by atoms with Crippen molar-refractivity contribution in [3.8, 4) is 0 Å². The number of carbonyl (C=O) groups excluding carboxylic acids is 1. The first-order valence-electron chi connectivity index (χ1n) is 12.3. The molecule has 0 radical (unpaired) electrons. The molecule has 0 unspecified atom stereocenters. The van der Waals surface area contributed by atoms with E-state index in [0.717, 1.165) is 41.7 Å². The quantitative estimate of drug-likeness (QED) is 0.361. The van der Waals surface area contributed by atoms with Crippen LogP contribution in [0.3, 0.4) is 0 Å². The summed E-state index contributed by atoms with van der Waals surface area (Å²) in [7, 11) is -3.68. The van der Waals surface area contributed by atoms with Crippen LogP contribution in [0.5, 0.6) is 0 Å². The summed E-state index contributed by atoms with van der Waals surface area (Å²) >= 11 is 0. The lowest BCUT2D eigenvalue weighted by molar-refractivity contribution is 0.0933. The number of fused-ring (bicyclic) bond motifs is 2. The van der Waals surface area contributed by atoms with Gasteiger partial charge in [0, 0.05) is 55.1 Å². The van der Waals surface area contributed by atoms with Crippen molar-refractivity contribution in [3.05, 3.63) is 77.5 Å². The highest BCUT2D eigenvalue weighted by molar-refractivity contribution is 7.89. The molecule has 0 saturated carbocycles. The number of carbonyl (C=O) groups is 1. The van der Waals surface area contributed by atoms with Crippen LogP contribution in [0, 0.1) is 0 Å². The highest BCUT2D eigenvalue weighted by Gasteiger charge is 2.28. The molecule has 188 valence electrons. The number of aryl methyl sites for hydroxylation is 1. The first-order valence-corrected chi connectivity index (χ1v) is 13.7. The summed E-state index contributed by atoms with van der Waals surface area (Å²) in [6.45, 7) is 5.13. The zero-order chi connectivity index (χ0) is 25.3. The molecule has 9 nitrogen and oxygen atoms in total. The molecular weight excluding hydrogens is 476 g/mol. The number of nitrogens with zero attached hydrogens (tertiary/aromatic N) is 4. The Labute approximate surface area is 210 Å². The van der Waals surface area contributed by atoms with Gasteiger partial charge in [0.1, 0.15) is 5.82 Å². The van der Waals surface area contributed by atoms with Gasteiger partial charge >= 0.3 is 0 Å². The molecular formula is C26H30N6O3S. The number of para-hydroxylation sites is 1. The minimum absolute atomic E-state index is 0.107. The van der Waals surface area contributed by atoms with Gasteiger partial charge in [-0.1, -0.05) is 38.1 Å². The third-order valence-corrected chi connectivity index (χ3v) is 8.84. The molecule has 4 aromatic rings. The first-order chi connectivity index (χ1) is 17.4. The number of hydrogen-bond donors (Lipinski definition) is 2. The number of hydrogen-bond acceptors (Lipinski definition) is 5. The van der Waals surface area contributed by atoms with Gasteiger partial charge < -0.3 is 14.9 Å². The van der Waals surface area contributed by atoms with Crippen molar-refractivity contribution in [1.82, 2.24) is 29.4 Å². The SMILES string of the molecule is CCN(CC)S(=O)(=O)c1cccc(C(=O)N[C@H](Cc2c[nH]c3ccccc23)c2nnc3n2CCC3)c1. The van der Waals surface area contributed by atoms with E-state index in [1.165, 1.54) is 16.4 Å². The largest absolute Gasteiger partial charge is 0.361 e. The molecule has 1 aliphatic rings. The Balaban J connectivity index is 1.47. The number of sulfonamides is 1. The van der Waals surface area contributed by atoms with E-state index in [4.69, 9.17) is 0 Å². The highest BCUT2D eigenvalue weighted by Crippen LogP contribution is 2.27. The van der Waals surface area contributed by atoms with Crippen molar-refractivity contribution in [2.75, 3.05) is 13.1 Å². The predicted molar refractivity (Wildman–Crippen MR) is 137 cm³/mol. The van der Waals surface area contributed by atoms with Crippen LogP contribution in [-0.4, -0.2) is 51.5 Å². The van der Waals surface area contributed by atoms with Crippen molar-refractivity contribution < 1.29 is 13.2 Å². The maximum Gasteiger partial charge on any atom is 0.251 e. The van der Waals surface area contributed by atoms with Crippen LogP contribution < -0.4 is 5.32 Å². The van der Waals surface area contributed by atoms with Crippen LogP contribution in [0.2, 0.25) is 0 Å². The summed E-state index contributed by atoms with van der Waals surface area (Å²) in [4.78, 5) is 16.8. The zero-order valence-electron chi connectivity index (χ0n) is 20.4. The van der Waals surface area contributed by atoms with Gasteiger partial charge in [-0.15, -0.1) is 10.2 Å². The molecule has 1 aliphatic heterocycles. The molecule has 0 bridgehead atoms. The standard InChI is InChI=1S/C26H30N6O3S/c1-3-31(4-2)36(34,35)20-10-7-9-18(15-20)26(33)28-23(25-30-29-24-13-8-14-32(24)25)16-19-17-27-22-12-6-5-11-21(19)22/h5-7,9-12,15,17,23,27H,3-4,8,13-14,16H2,1-2H3,(H,28,33)/t23-/m1/s1. The van der Waals surface area contributed by atoms with Gasteiger partial charge in [-0.2, -0.15) is 4.31 Å². The Hall–Kier alpha value is -3.50. The van der Waals surface area contributed by atoms with E-state index in [1.807, 2.05) is 24.4 Å². The third kappa shape index (κ3) is 4.42. The number of H-pyrrole nitrogens is 1. The summed E-state index contributed by atoms with van der Waals surface area (Å²) < 4.78 is 29.5. The maximum absolute atomic E-state index is 13.4. The monoisotopic (exact) mass is 506 g/mol. The average molecular weight is 507 g/mol. The van der Waals surface area contributed by atoms with Gasteiger partial charge in [-0.25, -0.2) is 8.42 Å². The lowest BCUT2D eigenvalue weighted by Crippen LogP contribution is -2.33. The fourth-order valence-corrected chi connectivity index (χ4v) is 6.41. The number of aromatic nitrogens is 4. The van der Waals surface area contributed by atoms with E-state index in [-0.39, 0.29) is 16.4 Å². The summed E-state index contributed by atoms with van der Waals surface area (Å²) in [5, 5.41) is 13.0. The summed E-state index contributed by atoms with van der Waals surface area (Å²) in [6.07, 6.45) is 4.34. The Kier molecular flexibility index (Phi) is 6.63. The molecule has 0 fully saturated rings. The van der Waals surface area contributed by atoms with E-state index < -0.39 is 16.1 Å². The lowest BCUT2D eigenvalue weighted by atomic mass is 10.0. The van der Waals surface area contributed by atoms with Crippen LogP contribution in [0.1, 0.15) is 53.9 Å². The van der Waals surface area contributed by atoms with Crippen LogP contribution >= 0.6 is 0 Å². The molecule has 10 heteroatoms. The highest BCUT2D eigenvalue weighted by atomic mass is 32.2. The van der Waals surface area contributed by atoms with Gasteiger partial charge in [0.05, 0.1) is 10.9 Å². The van der Waals surface area contributed by atoms with Crippen LogP contribution in [-0.2, 0) is 29.4 Å². The molecule has 3 heterocycles. The normalized spacial score (nSPS) is 14.3. The van der Waals surface area contributed by atoms with Gasteiger partial charge in [0.2, 0.25) is 10.0 Å². The number of nitrogens with one attached hydrogen (secondary N) is 2. The number of aromatic amines is 1. The van der Waals surface area contributed by atoms with Gasteiger partial charge in [-0.3, -0.25) is 4.79 Å². The van der Waals surface area contributed by atoms with Crippen molar-refractivity contribution >= 4 is 26.8 Å². The molecule has 0 saturated heterocycles. The molecule has 1 amide bonds. The predicted octanol–water partition coefficient (Wildman–Crippen LogP) is 3.45. The van der Waals surface area contributed by atoms with E-state index in [9.17, 15) is 13.2 Å². The van der Waals surface area contributed by atoms with Crippen LogP contribution in [0.15, 0.2) is 59.6 Å². The second-order valence-electron chi connectivity index (χ2n) is 8.94. The van der Waals surface area contributed by atoms with E-state index in [0.29, 0.717) is 25.3 Å². The van der Waals surface area contributed by atoms with Gasteiger partial charge in [0.15, 0.2) is 5.82 Å². The minimum Gasteiger partial charge on any atom is -0.361 e. The van der Waals surface area contributed by atoms with Crippen molar-refractivity contribution in [1.29, 1.82) is 0 Å². The van der Waals surface area contributed by atoms with Crippen LogP contribution in [0.25, 0.3) is 10.9 Å². The summed E-state index contributed by atoms with van der Waals surface area (Å²) in [5.41, 5.74) is 2.37. The summed E-state index contributed by atoms with van der Waals surface area (Å²) in [5.74, 6) is 1.29. The Morgan fingerprint density at radius 1 is 1.14 bits per heavy atom. The van der Waals surface area contributed by atoms with Crippen molar-refractivity contribution in [2.45, 2.75) is 50.6 Å². The second-order valence-corrected chi connectivity index (χ2v) is 10.9. The molecule has 1 atom stereocenters. The Morgan fingerprint density at radius 2 is 1.94 bits per heavy atom. The fraction of sp³-hybridized carbons (Fsp3) is 0.346. The number of rotatable bonds is 9. The average Bonchev–Trinajstić information content (AvgIpc) is 3.61. The molecule has 2 aromatic heterocycles. The third-order valence-electron chi connectivity index (χ3n) is 6.79. The smallest absolute Gasteiger partial charge is 0.251 e. The Morgan fingerprint density at radius 3 is 2.75 bits per heavy atom. The second kappa shape index (κ2) is 9.87. The number of benzene rings is 2.